The van der Waals surface area contributed by atoms with E-state index >= 15 is 0 Å². The minimum Gasteiger partial charge on any atom is -0.307 e. The second kappa shape index (κ2) is 6.15. The van der Waals surface area contributed by atoms with Gasteiger partial charge in [-0.15, -0.1) is 0 Å². The fraction of sp³-hybridized carbons (Fsp3) is 0. The van der Waals surface area contributed by atoms with Crippen molar-refractivity contribution in [2.75, 3.05) is 10.6 Å². The van der Waals surface area contributed by atoms with Crippen LogP contribution in [0.25, 0.3) is 10.8 Å². The van der Waals surface area contributed by atoms with E-state index < -0.39 is 11.0 Å². The lowest BCUT2D eigenvalue weighted by Gasteiger charge is -2.10. The number of nitrogens with one attached hydrogen (secondary N) is 2. The van der Waals surface area contributed by atoms with E-state index in [1.54, 1.807) is 12.1 Å². The number of hydrogen-bond acceptors (Lipinski definition) is 3. The van der Waals surface area contributed by atoms with E-state index in [0.29, 0.717) is 11.4 Å². The number of anilines is 2. The van der Waals surface area contributed by atoms with Gasteiger partial charge in [0.1, 0.15) is 0 Å². The summed E-state index contributed by atoms with van der Waals surface area (Å²) in [7, 11) is 0. The average Bonchev–Trinajstić information content (AvgIpc) is 2.55. The first kappa shape index (κ1) is 14.5. The van der Waals surface area contributed by atoms with Gasteiger partial charge in [-0.3, -0.25) is 10.1 Å². The van der Waals surface area contributed by atoms with Crippen LogP contribution in [-0.4, -0.2) is 11.0 Å². The van der Waals surface area contributed by atoms with Crippen molar-refractivity contribution in [3.05, 3.63) is 76.8 Å². The van der Waals surface area contributed by atoms with E-state index in [-0.39, 0.29) is 5.69 Å². The summed E-state index contributed by atoms with van der Waals surface area (Å²) in [5, 5.41) is 18.0. The Balaban J connectivity index is 1.79. The van der Waals surface area contributed by atoms with Crippen molar-refractivity contribution < 1.29 is 9.72 Å². The Hall–Kier alpha value is -3.41. The Morgan fingerprint density at radius 3 is 2.48 bits per heavy atom. The quantitative estimate of drug-likeness (QED) is 0.556. The topological polar surface area (TPSA) is 84.3 Å². The van der Waals surface area contributed by atoms with Crippen molar-refractivity contribution in [2.45, 2.75) is 0 Å². The Morgan fingerprint density at radius 1 is 0.913 bits per heavy atom. The number of carbonyl (C=O) groups is 1. The number of hydrogen-bond donors (Lipinski definition) is 2. The molecule has 0 saturated carbocycles. The molecule has 0 aliphatic carbocycles. The van der Waals surface area contributed by atoms with Gasteiger partial charge in [-0.2, -0.15) is 0 Å². The first-order chi connectivity index (χ1) is 11.1. The first-order valence-electron chi connectivity index (χ1n) is 6.94. The van der Waals surface area contributed by atoms with Gasteiger partial charge < -0.3 is 10.6 Å². The van der Waals surface area contributed by atoms with Gasteiger partial charge in [0, 0.05) is 23.2 Å². The highest BCUT2D eigenvalue weighted by Crippen LogP contribution is 2.23. The number of nitrogens with zero attached hydrogens (tertiary/aromatic N) is 1. The lowest BCUT2D eigenvalue weighted by molar-refractivity contribution is -0.384. The largest absolute Gasteiger partial charge is 0.323 e. The van der Waals surface area contributed by atoms with Crippen LogP contribution in [0.5, 0.6) is 0 Å². The summed E-state index contributed by atoms with van der Waals surface area (Å²) in [6.45, 7) is 0. The zero-order valence-electron chi connectivity index (χ0n) is 12.0. The fourth-order valence-corrected chi connectivity index (χ4v) is 2.32. The van der Waals surface area contributed by atoms with E-state index in [4.69, 9.17) is 0 Å². The Bertz CT molecular complexity index is 888. The second-order valence-corrected chi connectivity index (χ2v) is 4.91. The lowest BCUT2D eigenvalue weighted by atomic mass is 10.1. The van der Waals surface area contributed by atoms with E-state index in [1.165, 1.54) is 18.2 Å². The molecule has 3 aromatic rings. The predicted octanol–water partition coefficient (Wildman–Crippen LogP) is 4.39. The lowest BCUT2D eigenvalue weighted by Crippen LogP contribution is -2.19. The second-order valence-electron chi connectivity index (χ2n) is 4.91. The number of carbonyl (C=O) groups excluding carboxylic acids is 1. The molecule has 3 rings (SSSR count). The third kappa shape index (κ3) is 3.26. The van der Waals surface area contributed by atoms with Gasteiger partial charge in [-0.05, 0) is 17.5 Å². The van der Waals surface area contributed by atoms with Crippen LogP contribution >= 0.6 is 0 Å². The van der Waals surface area contributed by atoms with E-state index in [2.05, 4.69) is 10.6 Å². The van der Waals surface area contributed by atoms with E-state index in [0.717, 1.165) is 10.8 Å². The number of urea groups is 1. The van der Waals surface area contributed by atoms with Crippen molar-refractivity contribution in [3.63, 3.8) is 0 Å². The molecule has 2 amide bonds. The van der Waals surface area contributed by atoms with Crippen LogP contribution in [0.1, 0.15) is 0 Å². The SMILES string of the molecule is O=C(Nc1cccc([N+](=O)[O-])c1)Nc1cccc2ccccc12. The molecule has 0 aromatic heterocycles. The summed E-state index contributed by atoms with van der Waals surface area (Å²) in [6, 6.07) is 18.6. The van der Waals surface area contributed by atoms with Crippen LogP contribution in [0.4, 0.5) is 21.9 Å². The monoisotopic (exact) mass is 307 g/mol. The molecule has 114 valence electrons. The van der Waals surface area contributed by atoms with Gasteiger partial charge >= 0.3 is 6.03 Å². The number of non-ortho nitro benzene ring substituents is 1. The molecule has 0 aliphatic heterocycles. The van der Waals surface area contributed by atoms with Gasteiger partial charge in [0.2, 0.25) is 0 Å². The van der Waals surface area contributed by atoms with Crippen LogP contribution in [0.3, 0.4) is 0 Å². The highest BCUT2D eigenvalue weighted by atomic mass is 16.6. The summed E-state index contributed by atoms with van der Waals surface area (Å²) < 4.78 is 0. The number of nitro benzene ring substituents is 1. The van der Waals surface area contributed by atoms with Crippen LogP contribution in [0.2, 0.25) is 0 Å². The van der Waals surface area contributed by atoms with Crippen molar-refractivity contribution in [3.8, 4) is 0 Å². The van der Waals surface area contributed by atoms with Crippen LogP contribution in [-0.2, 0) is 0 Å². The fourth-order valence-electron chi connectivity index (χ4n) is 2.32. The van der Waals surface area contributed by atoms with Gasteiger partial charge in [0.15, 0.2) is 0 Å². The number of amides is 2. The van der Waals surface area contributed by atoms with Gasteiger partial charge in [-0.25, -0.2) is 4.79 Å². The first-order valence-corrected chi connectivity index (χ1v) is 6.94. The zero-order chi connectivity index (χ0) is 16.2. The molecule has 0 saturated heterocycles. The molecule has 6 heteroatoms. The van der Waals surface area contributed by atoms with Crippen molar-refractivity contribution in [2.24, 2.45) is 0 Å². The maximum Gasteiger partial charge on any atom is 0.323 e. The molecule has 0 radical (unpaired) electrons. The Labute approximate surface area is 131 Å². The van der Waals surface area contributed by atoms with Crippen molar-refractivity contribution >= 4 is 33.9 Å². The zero-order valence-corrected chi connectivity index (χ0v) is 12.0. The molecule has 2 N–H and O–H groups in total. The van der Waals surface area contributed by atoms with Crippen molar-refractivity contribution in [1.29, 1.82) is 0 Å². The maximum atomic E-state index is 12.1. The summed E-state index contributed by atoms with van der Waals surface area (Å²) in [5.41, 5.74) is 0.955. The molecule has 0 fully saturated rings. The summed E-state index contributed by atoms with van der Waals surface area (Å²) in [4.78, 5) is 22.4. The minimum absolute atomic E-state index is 0.0760. The standard InChI is InChI=1S/C17H13N3O3/c21-17(18-13-7-4-8-14(11-13)20(22)23)19-16-10-3-6-12-5-1-2-9-15(12)16/h1-11H,(H2,18,19,21). The molecule has 6 nitrogen and oxygen atoms in total. The Kier molecular flexibility index (Phi) is 3.88. The summed E-state index contributed by atoms with van der Waals surface area (Å²) in [6.07, 6.45) is 0. The Morgan fingerprint density at radius 2 is 1.65 bits per heavy atom. The maximum absolute atomic E-state index is 12.1. The highest BCUT2D eigenvalue weighted by molar-refractivity contribution is 6.06. The molecule has 0 spiro atoms. The normalized spacial score (nSPS) is 10.3. The van der Waals surface area contributed by atoms with Gasteiger partial charge in [0.05, 0.1) is 10.6 Å². The van der Waals surface area contributed by atoms with E-state index in [1.807, 2.05) is 36.4 Å². The van der Waals surface area contributed by atoms with Gasteiger partial charge in [0.25, 0.3) is 5.69 Å². The van der Waals surface area contributed by atoms with Gasteiger partial charge in [-0.1, -0.05) is 42.5 Å². The van der Waals surface area contributed by atoms with E-state index in [9.17, 15) is 14.9 Å². The van der Waals surface area contributed by atoms with Crippen LogP contribution in [0.15, 0.2) is 66.7 Å². The smallest absolute Gasteiger partial charge is 0.307 e. The summed E-state index contributed by atoms with van der Waals surface area (Å²) in [5.74, 6) is 0. The molecule has 0 atom stereocenters. The molecule has 0 heterocycles. The molecule has 23 heavy (non-hydrogen) atoms. The molecular formula is C17H13N3O3. The number of benzene rings is 3. The minimum atomic E-state index is -0.506. The number of fused-ring (bicyclic) bond motifs is 1. The third-order valence-electron chi connectivity index (χ3n) is 3.35. The molecular weight excluding hydrogens is 294 g/mol. The van der Waals surface area contributed by atoms with Crippen LogP contribution in [0, 0.1) is 10.1 Å². The average molecular weight is 307 g/mol. The highest BCUT2D eigenvalue weighted by Gasteiger charge is 2.09. The molecule has 0 bridgehead atoms. The van der Waals surface area contributed by atoms with Crippen molar-refractivity contribution in [1.82, 2.24) is 0 Å². The van der Waals surface area contributed by atoms with Crippen LogP contribution < -0.4 is 10.6 Å². The number of nitro groups is 1. The number of rotatable bonds is 3. The molecule has 0 aliphatic rings. The summed E-state index contributed by atoms with van der Waals surface area (Å²) >= 11 is 0. The molecule has 0 unspecified atom stereocenters. The predicted molar refractivity (Wildman–Crippen MR) is 89.7 cm³/mol. The molecule has 3 aromatic carbocycles. The third-order valence-corrected chi connectivity index (χ3v) is 3.35.